The third-order valence-corrected chi connectivity index (χ3v) is 4.65. The molecule has 0 bridgehead atoms. The number of nitriles is 1. The van der Waals surface area contributed by atoms with E-state index in [0.717, 1.165) is 6.21 Å². The van der Waals surface area contributed by atoms with E-state index in [-0.39, 0.29) is 23.7 Å². The van der Waals surface area contributed by atoms with E-state index in [9.17, 15) is 30.7 Å². The summed E-state index contributed by atoms with van der Waals surface area (Å²) >= 11 is 0. The predicted octanol–water partition coefficient (Wildman–Crippen LogP) is 6.17. The molecule has 0 aliphatic rings. The first-order chi connectivity index (χ1) is 16.6. The maximum atomic E-state index is 13.9. The Morgan fingerprint density at radius 2 is 1.63 bits per heavy atom. The molecular weight excluding hydrogens is 483 g/mol. The van der Waals surface area contributed by atoms with Crippen LogP contribution in [0, 0.1) is 34.6 Å². The van der Waals surface area contributed by atoms with Gasteiger partial charge in [0.1, 0.15) is 17.9 Å². The summed E-state index contributed by atoms with van der Waals surface area (Å²) in [5.41, 5.74) is -1.21. The summed E-state index contributed by atoms with van der Waals surface area (Å²) in [5.74, 6) is -9.27. The van der Waals surface area contributed by atoms with Gasteiger partial charge in [-0.25, -0.2) is 17.6 Å². The molecule has 0 aliphatic heterocycles. The first kappa shape index (κ1) is 25.4. The monoisotopic (exact) mass is 497 g/mol. The van der Waals surface area contributed by atoms with Gasteiger partial charge in [0.2, 0.25) is 0 Å². The molecule has 0 heterocycles. The number of ether oxygens (including phenoxy) is 2. The second kappa shape index (κ2) is 10.3. The first-order valence-corrected chi connectivity index (χ1v) is 9.59. The number of alkyl halides is 3. The number of methoxy groups -OCH3 is 1. The molecular formula is C23H14F7N3O2. The number of hydrogen-bond acceptors (Lipinski definition) is 5. The van der Waals surface area contributed by atoms with Gasteiger partial charge in [-0.05, 0) is 29.8 Å². The molecule has 0 saturated carbocycles. The van der Waals surface area contributed by atoms with Crippen LogP contribution >= 0.6 is 0 Å². The zero-order valence-electron chi connectivity index (χ0n) is 17.7. The van der Waals surface area contributed by atoms with E-state index in [0.29, 0.717) is 11.1 Å². The van der Waals surface area contributed by atoms with E-state index in [1.54, 1.807) is 29.7 Å². The smallest absolute Gasteiger partial charge is 0.422 e. The summed E-state index contributed by atoms with van der Waals surface area (Å²) in [7, 11) is 1.34. The molecule has 182 valence electrons. The molecule has 0 fully saturated rings. The van der Waals surface area contributed by atoms with Crippen LogP contribution < -0.4 is 14.9 Å². The fourth-order valence-electron chi connectivity index (χ4n) is 2.94. The van der Waals surface area contributed by atoms with Crippen LogP contribution in [0.5, 0.6) is 11.5 Å². The quantitative estimate of drug-likeness (QED) is 0.184. The van der Waals surface area contributed by atoms with E-state index in [2.05, 4.69) is 5.10 Å². The Labute approximate surface area is 194 Å². The average molecular weight is 497 g/mol. The van der Waals surface area contributed by atoms with E-state index >= 15 is 0 Å². The highest BCUT2D eigenvalue weighted by molar-refractivity contribution is 5.81. The van der Waals surface area contributed by atoms with Crippen LogP contribution in [0.1, 0.15) is 22.3 Å². The minimum atomic E-state index is -5.64. The van der Waals surface area contributed by atoms with Gasteiger partial charge in [-0.2, -0.15) is 23.5 Å². The summed E-state index contributed by atoms with van der Waals surface area (Å²) in [6.45, 7) is 0.0543. The van der Waals surface area contributed by atoms with Crippen LogP contribution in [-0.4, -0.2) is 13.3 Å². The van der Waals surface area contributed by atoms with Crippen molar-refractivity contribution in [1.29, 1.82) is 5.26 Å². The Morgan fingerprint density at radius 3 is 2.23 bits per heavy atom. The van der Waals surface area contributed by atoms with Crippen LogP contribution in [0.15, 0.2) is 47.6 Å². The molecule has 0 saturated heterocycles. The molecule has 0 aliphatic carbocycles. The Kier molecular flexibility index (Phi) is 7.49. The highest BCUT2D eigenvalue weighted by atomic mass is 19.4. The highest BCUT2D eigenvalue weighted by Gasteiger charge is 2.42. The number of benzene rings is 3. The molecule has 0 spiro atoms. The normalized spacial score (nSPS) is 11.4. The van der Waals surface area contributed by atoms with Crippen molar-refractivity contribution in [2.75, 3.05) is 12.5 Å². The molecule has 0 atom stereocenters. The molecule has 1 N–H and O–H groups in total. The summed E-state index contributed by atoms with van der Waals surface area (Å²) in [5, 5.41) is 12.6. The maximum Gasteiger partial charge on any atom is 0.422 e. The van der Waals surface area contributed by atoms with E-state index in [1.165, 1.54) is 25.3 Å². The molecule has 35 heavy (non-hydrogen) atoms. The lowest BCUT2D eigenvalue weighted by atomic mass is 10.1. The second-order valence-corrected chi connectivity index (χ2v) is 6.84. The number of hydrogen-bond donors (Lipinski definition) is 1. The molecule has 3 aromatic carbocycles. The van der Waals surface area contributed by atoms with Gasteiger partial charge in [-0.15, -0.1) is 0 Å². The minimum absolute atomic E-state index is 0.0543. The summed E-state index contributed by atoms with van der Waals surface area (Å²) in [4.78, 5) is 0. The molecule has 0 unspecified atom stereocenters. The molecule has 5 nitrogen and oxygen atoms in total. The Morgan fingerprint density at radius 1 is 0.971 bits per heavy atom. The molecule has 0 radical (unpaired) electrons. The number of nitrogens with one attached hydrogen (secondary N) is 1. The van der Waals surface area contributed by atoms with Crippen molar-refractivity contribution < 1.29 is 40.2 Å². The van der Waals surface area contributed by atoms with Gasteiger partial charge < -0.3 is 9.47 Å². The van der Waals surface area contributed by atoms with Crippen molar-refractivity contribution in [3.05, 3.63) is 88.0 Å². The number of hydrazone groups is 1. The van der Waals surface area contributed by atoms with Crippen molar-refractivity contribution in [3.63, 3.8) is 0 Å². The Balaban J connectivity index is 1.79. The molecule has 12 heteroatoms. The Bertz CT molecular complexity index is 1290. The number of nitrogens with zero attached hydrogens (tertiary/aromatic N) is 2. The zero-order chi connectivity index (χ0) is 25.8. The van der Waals surface area contributed by atoms with Gasteiger partial charge >= 0.3 is 6.18 Å². The lowest BCUT2D eigenvalue weighted by Gasteiger charge is -2.13. The summed E-state index contributed by atoms with van der Waals surface area (Å²) < 4.78 is 104. The largest absolute Gasteiger partial charge is 0.493 e. The summed E-state index contributed by atoms with van der Waals surface area (Å²) in [6.07, 6.45) is -4.67. The first-order valence-electron chi connectivity index (χ1n) is 9.59. The van der Waals surface area contributed by atoms with E-state index in [1.807, 2.05) is 6.07 Å². The minimum Gasteiger partial charge on any atom is -0.493 e. The molecule has 3 rings (SSSR count). The standard InChI is InChI=1S/C23H14F7N3O2/c1-34-16-8-12(6-7-15(16)35-11-14-5-3-2-4-13(14)9-31)10-32-33-22-20(26)18(24)17(23(28,29)30)19(25)21(22)27/h2-8,10,33H,11H2,1H3/b32-10-. The van der Waals surface area contributed by atoms with Crippen molar-refractivity contribution in [2.24, 2.45) is 5.10 Å². The van der Waals surface area contributed by atoms with E-state index < -0.39 is 40.7 Å². The zero-order valence-corrected chi connectivity index (χ0v) is 17.7. The van der Waals surface area contributed by atoms with Gasteiger partial charge in [0.05, 0.1) is 25.0 Å². The molecule has 0 amide bonds. The van der Waals surface area contributed by atoms with Gasteiger partial charge in [0.15, 0.2) is 34.8 Å². The number of rotatable bonds is 7. The molecule has 0 aromatic heterocycles. The van der Waals surface area contributed by atoms with E-state index in [4.69, 9.17) is 14.7 Å². The molecule has 3 aromatic rings. The fraction of sp³-hybridized carbons (Fsp3) is 0.130. The average Bonchev–Trinajstić information content (AvgIpc) is 2.83. The van der Waals surface area contributed by atoms with Gasteiger partial charge in [0.25, 0.3) is 0 Å². The number of anilines is 1. The predicted molar refractivity (Wildman–Crippen MR) is 111 cm³/mol. The van der Waals surface area contributed by atoms with Crippen molar-refractivity contribution >= 4 is 11.9 Å². The second-order valence-electron chi connectivity index (χ2n) is 6.84. The lowest BCUT2D eigenvalue weighted by molar-refractivity contribution is -0.143. The van der Waals surface area contributed by atoms with Crippen molar-refractivity contribution in [3.8, 4) is 17.6 Å². The number of halogens is 7. The van der Waals surface area contributed by atoms with Gasteiger partial charge in [-0.3, -0.25) is 5.43 Å². The topological polar surface area (TPSA) is 66.6 Å². The summed E-state index contributed by atoms with van der Waals surface area (Å²) in [6, 6.07) is 13.1. The third kappa shape index (κ3) is 5.46. The third-order valence-electron chi connectivity index (χ3n) is 4.65. The van der Waals surface area contributed by atoms with Crippen LogP contribution in [0.3, 0.4) is 0 Å². The lowest BCUT2D eigenvalue weighted by Crippen LogP contribution is -2.16. The Hall–Kier alpha value is -4.27. The fourth-order valence-corrected chi connectivity index (χ4v) is 2.94. The van der Waals surface area contributed by atoms with Crippen molar-refractivity contribution in [1.82, 2.24) is 0 Å². The van der Waals surface area contributed by atoms with Crippen LogP contribution in [0.4, 0.5) is 36.4 Å². The van der Waals surface area contributed by atoms with Gasteiger partial charge in [0, 0.05) is 5.56 Å². The maximum absolute atomic E-state index is 13.9. The van der Waals surface area contributed by atoms with Crippen LogP contribution in [0.25, 0.3) is 0 Å². The van der Waals surface area contributed by atoms with Crippen LogP contribution in [0.2, 0.25) is 0 Å². The van der Waals surface area contributed by atoms with Crippen molar-refractivity contribution in [2.45, 2.75) is 12.8 Å². The highest BCUT2D eigenvalue weighted by Crippen LogP contribution is 2.38. The SMILES string of the molecule is COc1cc(/C=N\Nc2c(F)c(F)c(C(F)(F)F)c(F)c2F)ccc1OCc1ccccc1C#N. The van der Waals surface area contributed by atoms with Gasteiger partial charge in [-0.1, -0.05) is 18.2 Å². The van der Waals surface area contributed by atoms with Crippen LogP contribution in [-0.2, 0) is 12.8 Å².